The van der Waals surface area contributed by atoms with E-state index in [0.29, 0.717) is 11.3 Å². The number of aryl methyl sites for hydroxylation is 2. The molecule has 27 heavy (non-hydrogen) atoms. The Balaban J connectivity index is 2.21. The molecule has 146 valence electrons. The van der Waals surface area contributed by atoms with Gasteiger partial charge >= 0.3 is 0 Å². The highest BCUT2D eigenvalue weighted by Gasteiger charge is 2.45. The van der Waals surface area contributed by atoms with Gasteiger partial charge in [-0.2, -0.15) is 0 Å². The van der Waals surface area contributed by atoms with E-state index in [1.54, 1.807) is 14.2 Å². The van der Waals surface area contributed by atoms with Gasteiger partial charge in [0.2, 0.25) is 0 Å². The Hall–Kier alpha value is -1.96. The number of hydrogen-bond donors (Lipinski definition) is 0. The minimum absolute atomic E-state index is 0.0230. The third-order valence-corrected chi connectivity index (χ3v) is 6.27. The summed E-state index contributed by atoms with van der Waals surface area (Å²) in [6, 6.07) is 13.5. The van der Waals surface area contributed by atoms with E-state index in [1.165, 1.54) is 35.1 Å². The quantitative estimate of drug-likeness (QED) is 0.619. The molecule has 0 saturated heterocycles. The summed E-state index contributed by atoms with van der Waals surface area (Å²) in [5.74, 6) is 2.60. The van der Waals surface area contributed by atoms with E-state index in [0.717, 1.165) is 17.9 Å². The topological polar surface area (TPSA) is 18.5 Å². The molecular weight excluding hydrogens is 332 g/mol. The minimum Gasteiger partial charge on any atom is -0.496 e. The summed E-state index contributed by atoms with van der Waals surface area (Å²) in [5, 5.41) is 0. The van der Waals surface area contributed by atoms with Crippen LogP contribution in [0.5, 0.6) is 11.5 Å². The summed E-state index contributed by atoms with van der Waals surface area (Å²) < 4.78 is 11.0. The van der Waals surface area contributed by atoms with Gasteiger partial charge in [0, 0.05) is 5.41 Å². The SMILES string of the molecule is COc1ccc(C2(c3ccc(OC)c(C)c3)CC(C)CC(C)(C)C2)cc1C. The summed E-state index contributed by atoms with van der Waals surface area (Å²) in [4.78, 5) is 0. The summed E-state index contributed by atoms with van der Waals surface area (Å²) in [7, 11) is 3.49. The van der Waals surface area contributed by atoms with Gasteiger partial charge < -0.3 is 9.47 Å². The zero-order valence-electron chi connectivity index (χ0n) is 18.0. The molecule has 0 heterocycles. The van der Waals surface area contributed by atoms with Crippen LogP contribution in [0.15, 0.2) is 36.4 Å². The number of hydrogen-bond acceptors (Lipinski definition) is 2. The predicted octanol–water partition coefficient (Wildman–Crippen LogP) is 6.45. The van der Waals surface area contributed by atoms with Crippen LogP contribution in [0, 0.1) is 25.2 Å². The smallest absolute Gasteiger partial charge is 0.121 e. The molecule has 0 aromatic heterocycles. The van der Waals surface area contributed by atoms with E-state index in [1.807, 2.05) is 0 Å². The van der Waals surface area contributed by atoms with E-state index in [4.69, 9.17) is 9.47 Å². The maximum absolute atomic E-state index is 5.52. The van der Waals surface area contributed by atoms with Crippen LogP contribution >= 0.6 is 0 Å². The fourth-order valence-corrected chi connectivity index (χ4v) is 5.53. The standard InChI is InChI=1S/C25H34O2/c1-17-14-24(4,5)16-25(15-17,20-8-10-22(26-6)18(2)12-20)21-9-11-23(27-7)19(3)13-21/h8-13,17H,14-16H2,1-7H3. The lowest BCUT2D eigenvalue weighted by molar-refractivity contribution is 0.126. The van der Waals surface area contributed by atoms with Gasteiger partial charge in [-0.05, 0) is 78.8 Å². The first-order valence-corrected chi connectivity index (χ1v) is 10.0. The third-order valence-electron chi connectivity index (χ3n) is 6.27. The van der Waals surface area contributed by atoms with Gasteiger partial charge in [-0.1, -0.05) is 45.0 Å². The van der Waals surface area contributed by atoms with E-state index in [9.17, 15) is 0 Å². The summed E-state index contributed by atoms with van der Waals surface area (Å²) >= 11 is 0. The Labute approximate surface area is 164 Å². The monoisotopic (exact) mass is 366 g/mol. The first-order valence-electron chi connectivity index (χ1n) is 10.0. The summed E-state index contributed by atoms with van der Waals surface area (Å²) in [6.07, 6.45) is 3.61. The van der Waals surface area contributed by atoms with Crippen LogP contribution in [0.2, 0.25) is 0 Å². The second-order valence-electron chi connectivity index (χ2n) is 9.31. The van der Waals surface area contributed by atoms with Crippen LogP contribution in [0.4, 0.5) is 0 Å². The molecule has 1 aliphatic carbocycles. The molecule has 3 rings (SSSR count). The van der Waals surface area contributed by atoms with E-state index < -0.39 is 0 Å². The van der Waals surface area contributed by atoms with E-state index >= 15 is 0 Å². The van der Waals surface area contributed by atoms with Crippen molar-refractivity contribution in [3.8, 4) is 11.5 Å². The first-order chi connectivity index (χ1) is 12.7. The molecule has 1 saturated carbocycles. The molecule has 0 radical (unpaired) electrons. The molecule has 2 aromatic carbocycles. The molecular formula is C25H34O2. The molecule has 0 aliphatic heterocycles. The van der Waals surface area contributed by atoms with E-state index in [2.05, 4.69) is 71.0 Å². The number of benzene rings is 2. The zero-order chi connectivity index (χ0) is 19.8. The Morgan fingerprint density at radius 2 is 1.30 bits per heavy atom. The predicted molar refractivity (Wildman–Crippen MR) is 113 cm³/mol. The van der Waals surface area contributed by atoms with Crippen molar-refractivity contribution in [3.63, 3.8) is 0 Å². The average molecular weight is 367 g/mol. The molecule has 0 amide bonds. The van der Waals surface area contributed by atoms with Crippen molar-refractivity contribution in [2.45, 2.75) is 59.3 Å². The second-order valence-corrected chi connectivity index (χ2v) is 9.31. The number of ether oxygens (including phenoxy) is 2. The highest BCUT2D eigenvalue weighted by atomic mass is 16.5. The fourth-order valence-electron chi connectivity index (χ4n) is 5.53. The Morgan fingerprint density at radius 3 is 1.67 bits per heavy atom. The van der Waals surface area contributed by atoms with Crippen molar-refractivity contribution in [2.75, 3.05) is 14.2 Å². The van der Waals surface area contributed by atoms with Crippen molar-refractivity contribution >= 4 is 0 Å². The van der Waals surface area contributed by atoms with Gasteiger partial charge in [0.1, 0.15) is 11.5 Å². The number of rotatable bonds is 4. The Morgan fingerprint density at radius 1 is 0.815 bits per heavy atom. The molecule has 1 unspecified atom stereocenters. The van der Waals surface area contributed by atoms with Crippen LogP contribution in [0.25, 0.3) is 0 Å². The van der Waals surface area contributed by atoms with Crippen LogP contribution in [0.3, 0.4) is 0 Å². The molecule has 0 bridgehead atoms. The van der Waals surface area contributed by atoms with Crippen LogP contribution < -0.4 is 9.47 Å². The van der Waals surface area contributed by atoms with Crippen LogP contribution in [-0.4, -0.2) is 14.2 Å². The highest BCUT2D eigenvalue weighted by Crippen LogP contribution is 2.54. The maximum Gasteiger partial charge on any atom is 0.121 e. The average Bonchev–Trinajstić information content (AvgIpc) is 2.59. The lowest BCUT2D eigenvalue weighted by Crippen LogP contribution is -2.41. The normalized spacial score (nSPS) is 20.9. The molecule has 2 aromatic rings. The van der Waals surface area contributed by atoms with Crippen molar-refractivity contribution in [1.82, 2.24) is 0 Å². The van der Waals surface area contributed by atoms with Gasteiger partial charge in [-0.3, -0.25) is 0 Å². The van der Waals surface area contributed by atoms with Crippen molar-refractivity contribution in [3.05, 3.63) is 58.7 Å². The second kappa shape index (κ2) is 7.22. The first kappa shape index (κ1) is 19.8. The van der Waals surface area contributed by atoms with Gasteiger partial charge in [0.05, 0.1) is 14.2 Å². The van der Waals surface area contributed by atoms with Gasteiger partial charge in [-0.25, -0.2) is 0 Å². The molecule has 0 N–H and O–H groups in total. The fraction of sp³-hybridized carbons (Fsp3) is 0.520. The zero-order valence-corrected chi connectivity index (χ0v) is 18.0. The summed E-state index contributed by atoms with van der Waals surface area (Å²) in [6.45, 7) is 11.5. The molecule has 1 aliphatic rings. The van der Waals surface area contributed by atoms with Gasteiger partial charge in [-0.15, -0.1) is 0 Å². The highest BCUT2D eigenvalue weighted by molar-refractivity contribution is 5.48. The van der Waals surface area contributed by atoms with Crippen molar-refractivity contribution in [1.29, 1.82) is 0 Å². The van der Waals surface area contributed by atoms with Crippen molar-refractivity contribution < 1.29 is 9.47 Å². The summed E-state index contributed by atoms with van der Waals surface area (Å²) in [5.41, 5.74) is 5.55. The molecule has 1 fully saturated rings. The lowest BCUT2D eigenvalue weighted by atomic mass is 9.55. The molecule has 2 heteroatoms. The van der Waals surface area contributed by atoms with Crippen LogP contribution in [0.1, 0.15) is 62.3 Å². The van der Waals surface area contributed by atoms with E-state index in [-0.39, 0.29) is 5.41 Å². The van der Waals surface area contributed by atoms with Crippen LogP contribution in [-0.2, 0) is 5.41 Å². The minimum atomic E-state index is 0.0230. The van der Waals surface area contributed by atoms with Gasteiger partial charge in [0.25, 0.3) is 0 Å². The third kappa shape index (κ3) is 3.72. The lowest BCUT2D eigenvalue weighted by Gasteiger charge is -2.49. The Bertz CT molecular complexity index is 766. The number of methoxy groups -OCH3 is 2. The molecule has 2 nitrogen and oxygen atoms in total. The van der Waals surface area contributed by atoms with Gasteiger partial charge in [0.15, 0.2) is 0 Å². The Kier molecular flexibility index (Phi) is 5.29. The molecule has 1 atom stereocenters. The maximum atomic E-state index is 5.52. The largest absolute Gasteiger partial charge is 0.496 e. The van der Waals surface area contributed by atoms with Crippen molar-refractivity contribution in [2.24, 2.45) is 11.3 Å². The molecule has 0 spiro atoms.